The molecule has 1 N–H and O–H groups in total. The summed E-state index contributed by atoms with van der Waals surface area (Å²) in [6, 6.07) is 3.85. The largest absolute Gasteiger partial charge is 0.380 e. The second kappa shape index (κ2) is 7.97. The number of fused-ring (bicyclic) bond motifs is 2. The van der Waals surface area contributed by atoms with Crippen molar-refractivity contribution in [1.82, 2.24) is 15.2 Å². The maximum atomic E-state index is 13.3. The highest BCUT2D eigenvalue weighted by atomic mass is 16.5. The smallest absolute Gasteiger partial charge is 0.256 e. The van der Waals surface area contributed by atoms with Gasteiger partial charge in [-0.2, -0.15) is 0 Å². The Bertz CT molecular complexity index is 721. The van der Waals surface area contributed by atoms with Crippen LogP contribution < -0.4 is 5.32 Å². The van der Waals surface area contributed by atoms with Crippen molar-refractivity contribution < 1.29 is 14.3 Å². The minimum atomic E-state index is -0.489. The molecular formula is C21H31N3O3. The van der Waals surface area contributed by atoms with Crippen LogP contribution in [-0.2, 0) is 9.53 Å². The molecule has 0 aromatic carbocycles. The van der Waals surface area contributed by atoms with Crippen LogP contribution in [0.3, 0.4) is 0 Å². The number of ether oxygens (including phenoxy) is 1. The molecule has 3 atom stereocenters. The average molecular weight is 373 g/mol. The first-order valence-corrected chi connectivity index (χ1v) is 10.1. The predicted molar refractivity (Wildman–Crippen MR) is 104 cm³/mol. The van der Waals surface area contributed by atoms with Crippen LogP contribution in [0.1, 0.15) is 61.3 Å². The molecule has 0 spiro atoms. The van der Waals surface area contributed by atoms with Gasteiger partial charge in [-0.15, -0.1) is 0 Å². The number of aromatic nitrogens is 1. The molecule has 27 heavy (non-hydrogen) atoms. The molecule has 2 amide bonds. The summed E-state index contributed by atoms with van der Waals surface area (Å²) in [6.45, 7) is 9.49. The Morgan fingerprint density at radius 2 is 2.07 bits per heavy atom. The van der Waals surface area contributed by atoms with E-state index in [2.05, 4.69) is 17.2 Å². The van der Waals surface area contributed by atoms with E-state index in [1.807, 2.05) is 37.8 Å². The molecule has 0 saturated carbocycles. The number of amides is 2. The first-order chi connectivity index (χ1) is 12.9. The molecular weight excluding hydrogens is 342 g/mol. The zero-order valence-corrected chi connectivity index (χ0v) is 16.9. The van der Waals surface area contributed by atoms with Gasteiger partial charge >= 0.3 is 0 Å². The fourth-order valence-corrected chi connectivity index (χ4v) is 4.88. The Morgan fingerprint density at radius 3 is 2.74 bits per heavy atom. The van der Waals surface area contributed by atoms with Crippen molar-refractivity contribution in [1.29, 1.82) is 0 Å². The molecule has 6 heteroatoms. The van der Waals surface area contributed by atoms with E-state index in [1.165, 1.54) is 0 Å². The molecule has 0 aliphatic carbocycles. The number of rotatable bonds is 7. The standard InChI is InChI=1S/C21H31N3O3/c1-5-21(20(26)22-11-12-27-6-2)13-16-8-10-18(21)24(16)19(25)17-9-7-14(3)23-15(17)4/h7,9,16,18H,5-6,8,10-13H2,1-4H3,(H,22,26)/t16-,18+,21+/m0/s1. The topological polar surface area (TPSA) is 71.5 Å². The van der Waals surface area contributed by atoms with Gasteiger partial charge in [0.05, 0.1) is 23.3 Å². The van der Waals surface area contributed by atoms with Crippen LogP contribution in [0.15, 0.2) is 12.1 Å². The molecule has 6 nitrogen and oxygen atoms in total. The highest BCUT2D eigenvalue weighted by Gasteiger charge is 2.60. The van der Waals surface area contributed by atoms with E-state index in [-0.39, 0.29) is 23.9 Å². The van der Waals surface area contributed by atoms with E-state index in [1.54, 1.807) is 0 Å². The third-order valence-electron chi connectivity index (χ3n) is 6.25. The zero-order chi connectivity index (χ0) is 19.6. The van der Waals surface area contributed by atoms with Crippen molar-refractivity contribution in [2.75, 3.05) is 19.8 Å². The van der Waals surface area contributed by atoms with Gasteiger partial charge in [-0.3, -0.25) is 14.6 Å². The van der Waals surface area contributed by atoms with Gasteiger partial charge in [0.25, 0.3) is 5.91 Å². The van der Waals surface area contributed by atoms with Crippen LogP contribution in [0.4, 0.5) is 0 Å². The number of nitrogens with one attached hydrogen (secondary N) is 1. The summed E-state index contributed by atoms with van der Waals surface area (Å²) >= 11 is 0. The van der Waals surface area contributed by atoms with Gasteiger partial charge in [0, 0.05) is 30.9 Å². The molecule has 3 rings (SSSR count). The number of carbonyl (C=O) groups excluding carboxylic acids is 2. The fraction of sp³-hybridized carbons (Fsp3) is 0.667. The van der Waals surface area contributed by atoms with Crippen LogP contribution in [0.5, 0.6) is 0 Å². The second-order valence-corrected chi connectivity index (χ2v) is 7.71. The summed E-state index contributed by atoms with van der Waals surface area (Å²) in [5, 5.41) is 3.04. The Hall–Kier alpha value is -1.95. The molecule has 1 aromatic heterocycles. The van der Waals surface area contributed by atoms with Crippen molar-refractivity contribution in [3.8, 4) is 0 Å². The Kier molecular flexibility index (Phi) is 5.84. The third kappa shape index (κ3) is 3.47. The van der Waals surface area contributed by atoms with Gasteiger partial charge in [0.15, 0.2) is 0 Å². The molecule has 1 aromatic rings. The van der Waals surface area contributed by atoms with Crippen molar-refractivity contribution in [2.24, 2.45) is 5.41 Å². The molecule has 2 fully saturated rings. The molecule has 148 valence electrons. The van der Waals surface area contributed by atoms with Gasteiger partial charge in [0.1, 0.15) is 0 Å². The number of carbonyl (C=O) groups is 2. The minimum Gasteiger partial charge on any atom is -0.380 e. The van der Waals surface area contributed by atoms with E-state index in [4.69, 9.17) is 4.74 Å². The number of hydrogen-bond donors (Lipinski definition) is 1. The third-order valence-corrected chi connectivity index (χ3v) is 6.25. The summed E-state index contributed by atoms with van der Waals surface area (Å²) in [5.74, 6) is 0.0818. The van der Waals surface area contributed by atoms with E-state index in [0.717, 1.165) is 37.1 Å². The molecule has 0 radical (unpaired) electrons. The van der Waals surface area contributed by atoms with Gasteiger partial charge in [-0.05, 0) is 58.6 Å². The summed E-state index contributed by atoms with van der Waals surface area (Å²) < 4.78 is 5.33. The van der Waals surface area contributed by atoms with Gasteiger partial charge in [0.2, 0.25) is 5.91 Å². The van der Waals surface area contributed by atoms with E-state index in [0.29, 0.717) is 25.3 Å². The lowest BCUT2D eigenvalue weighted by Gasteiger charge is -2.35. The molecule has 2 saturated heterocycles. The van der Waals surface area contributed by atoms with Crippen molar-refractivity contribution in [2.45, 2.75) is 65.5 Å². The normalized spacial score (nSPS) is 26.4. The van der Waals surface area contributed by atoms with Crippen molar-refractivity contribution >= 4 is 11.8 Å². The maximum Gasteiger partial charge on any atom is 0.256 e. The second-order valence-electron chi connectivity index (χ2n) is 7.71. The predicted octanol–water partition coefficient (Wildman–Crippen LogP) is 2.62. The van der Waals surface area contributed by atoms with E-state index < -0.39 is 5.41 Å². The Morgan fingerprint density at radius 1 is 1.30 bits per heavy atom. The summed E-state index contributed by atoms with van der Waals surface area (Å²) in [4.78, 5) is 32.8. The number of aryl methyl sites for hydroxylation is 2. The van der Waals surface area contributed by atoms with Gasteiger partial charge in [-0.25, -0.2) is 0 Å². The summed E-state index contributed by atoms with van der Waals surface area (Å²) in [7, 11) is 0. The zero-order valence-electron chi connectivity index (χ0n) is 16.9. The number of pyridine rings is 1. The van der Waals surface area contributed by atoms with Crippen LogP contribution in [-0.4, -0.2) is 53.5 Å². The summed E-state index contributed by atoms with van der Waals surface area (Å²) in [5.41, 5.74) is 1.83. The lowest BCUT2D eigenvalue weighted by molar-refractivity contribution is -0.133. The number of nitrogens with zero attached hydrogens (tertiary/aromatic N) is 2. The average Bonchev–Trinajstić information content (AvgIpc) is 3.21. The molecule has 2 bridgehead atoms. The van der Waals surface area contributed by atoms with Crippen LogP contribution >= 0.6 is 0 Å². The highest BCUT2D eigenvalue weighted by Crippen LogP contribution is 2.52. The molecule has 0 unspecified atom stereocenters. The van der Waals surface area contributed by atoms with Crippen molar-refractivity contribution in [3.05, 3.63) is 29.1 Å². The lowest BCUT2D eigenvalue weighted by atomic mass is 9.71. The van der Waals surface area contributed by atoms with Crippen LogP contribution in [0.2, 0.25) is 0 Å². The van der Waals surface area contributed by atoms with Crippen molar-refractivity contribution in [3.63, 3.8) is 0 Å². The maximum absolute atomic E-state index is 13.3. The van der Waals surface area contributed by atoms with Crippen LogP contribution in [0, 0.1) is 19.3 Å². The number of hydrogen-bond acceptors (Lipinski definition) is 4. The quantitative estimate of drug-likeness (QED) is 0.746. The SMILES string of the molecule is CCOCCNC(=O)[C@]1(CC)C[C@@H]2CC[C@H]1N2C(=O)c1ccc(C)nc1C. The fourth-order valence-electron chi connectivity index (χ4n) is 4.88. The monoisotopic (exact) mass is 373 g/mol. The van der Waals surface area contributed by atoms with Gasteiger partial charge in [-0.1, -0.05) is 6.92 Å². The Balaban J connectivity index is 1.79. The van der Waals surface area contributed by atoms with Gasteiger partial charge < -0.3 is 15.0 Å². The highest BCUT2D eigenvalue weighted by molar-refractivity contribution is 5.97. The lowest BCUT2D eigenvalue weighted by Crippen LogP contribution is -2.50. The van der Waals surface area contributed by atoms with Crippen LogP contribution in [0.25, 0.3) is 0 Å². The Labute approximate surface area is 161 Å². The minimum absolute atomic E-state index is 0.0185. The summed E-state index contributed by atoms with van der Waals surface area (Å²) in [6.07, 6.45) is 3.35. The first kappa shape index (κ1) is 19.8. The molecule has 3 heterocycles. The molecule has 2 aliphatic heterocycles. The van der Waals surface area contributed by atoms with E-state index in [9.17, 15) is 9.59 Å². The first-order valence-electron chi connectivity index (χ1n) is 10.1. The molecule has 2 aliphatic rings. The van der Waals surface area contributed by atoms with E-state index >= 15 is 0 Å².